The Hall–Kier alpha value is -0.530. The molecule has 1 saturated carbocycles. The molecular weight excluding hydrogens is 286 g/mol. The van der Waals surface area contributed by atoms with Gasteiger partial charge in [-0.2, -0.15) is 0 Å². The van der Waals surface area contributed by atoms with E-state index in [0.717, 1.165) is 10.9 Å². The van der Waals surface area contributed by atoms with Gasteiger partial charge in [-0.15, -0.1) is 0 Å². The van der Waals surface area contributed by atoms with E-state index in [-0.39, 0.29) is 12.8 Å². The van der Waals surface area contributed by atoms with Gasteiger partial charge in [0.25, 0.3) is 5.08 Å². The molecule has 1 aromatic rings. The van der Waals surface area contributed by atoms with E-state index in [0.29, 0.717) is 0 Å². The summed E-state index contributed by atoms with van der Waals surface area (Å²) in [5, 5.41) is 6.63. The molecule has 1 heterocycles. The van der Waals surface area contributed by atoms with E-state index in [1.165, 1.54) is 12.4 Å². The normalized spacial score (nSPS) is 19.8. The molecule has 1 aliphatic rings. The van der Waals surface area contributed by atoms with Crippen molar-refractivity contribution in [3.63, 3.8) is 0 Å². The van der Waals surface area contributed by atoms with Gasteiger partial charge in [-0.25, -0.2) is 4.98 Å². The Bertz CT molecular complexity index is 518. The summed E-state index contributed by atoms with van der Waals surface area (Å²) in [7, 11) is -10.9. The summed E-state index contributed by atoms with van der Waals surface area (Å²) in [4.78, 5) is 40.4. The molecule has 0 aromatic carbocycles. The first kappa shape index (κ1) is 13.9. The van der Waals surface area contributed by atoms with Gasteiger partial charge in [0, 0.05) is 12.4 Å². The number of rotatable bonds is 4. The Balaban J connectivity index is 2.65. The van der Waals surface area contributed by atoms with Gasteiger partial charge in [0.15, 0.2) is 0 Å². The second-order valence-corrected chi connectivity index (χ2v) is 8.05. The fourth-order valence-corrected chi connectivity index (χ4v) is 5.23. The Morgan fingerprint density at radius 1 is 1.17 bits per heavy atom. The average molecular weight is 298 g/mol. The number of imidazole rings is 1. The van der Waals surface area contributed by atoms with E-state index in [1.807, 2.05) is 0 Å². The lowest BCUT2D eigenvalue weighted by Crippen LogP contribution is -2.45. The summed E-state index contributed by atoms with van der Waals surface area (Å²) in [6, 6.07) is 0. The van der Waals surface area contributed by atoms with Crippen LogP contribution in [0.2, 0.25) is 0 Å². The molecule has 9 nitrogen and oxygen atoms in total. The van der Waals surface area contributed by atoms with Crippen LogP contribution >= 0.6 is 15.2 Å². The van der Waals surface area contributed by atoms with Crippen molar-refractivity contribution in [1.29, 1.82) is 0 Å². The molecule has 1 aromatic heterocycles. The fraction of sp³-hybridized carbons (Fsp3) is 0.571. The van der Waals surface area contributed by atoms with Gasteiger partial charge < -0.3 is 29.2 Å². The highest BCUT2D eigenvalue weighted by atomic mass is 31.2. The molecule has 2 rings (SSSR count). The van der Waals surface area contributed by atoms with Gasteiger partial charge in [0.1, 0.15) is 0 Å². The number of hydrogen-bond acceptors (Lipinski definition) is 4. The van der Waals surface area contributed by atoms with Crippen molar-refractivity contribution in [3.8, 4) is 0 Å². The first-order valence-corrected chi connectivity index (χ1v) is 8.11. The van der Waals surface area contributed by atoms with Crippen molar-refractivity contribution in [1.82, 2.24) is 9.55 Å². The topological polar surface area (TPSA) is 153 Å². The van der Waals surface area contributed by atoms with Crippen LogP contribution in [0.5, 0.6) is 0 Å². The van der Waals surface area contributed by atoms with Crippen LogP contribution in [0.1, 0.15) is 12.8 Å². The molecular formula is C7H12N2O7P2. The standard InChI is InChI=1S/C7H12N2O7P2/c10-7(17(11,12)13,18(14,15)16)6(1-2-6)9-4-3-8-5-9/h3-5,10H,1-2H2,(H2,11,12,13)(H2,14,15,16). The summed E-state index contributed by atoms with van der Waals surface area (Å²) in [5.74, 6) is 0. The molecule has 0 atom stereocenters. The highest BCUT2D eigenvalue weighted by Crippen LogP contribution is 2.78. The SMILES string of the molecule is O=P(O)(O)C(O)(C1(n2ccnc2)CC1)P(=O)(O)O. The van der Waals surface area contributed by atoms with Gasteiger partial charge in [0.2, 0.25) is 0 Å². The molecule has 0 radical (unpaired) electrons. The van der Waals surface area contributed by atoms with E-state index in [1.54, 1.807) is 0 Å². The van der Waals surface area contributed by atoms with Gasteiger partial charge in [0.05, 0.1) is 11.9 Å². The Kier molecular flexibility index (Phi) is 2.89. The van der Waals surface area contributed by atoms with Crippen molar-refractivity contribution >= 4 is 15.2 Å². The van der Waals surface area contributed by atoms with E-state index < -0.39 is 25.8 Å². The molecule has 18 heavy (non-hydrogen) atoms. The predicted molar refractivity (Wildman–Crippen MR) is 58.5 cm³/mol. The second-order valence-electron chi connectivity index (χ2n) is 4.23. The zero-order chi connectivity index (χ0) is 13.8. The maximum Gasteiger partial charge on any atom is 0.372 e. The van der Waals surface area contributed by atoms with Crippen molar-refractivity contribution in [3.05, 3.63) is 18.7 Å². The van der Waals surface area contributed by atoms with Crippen LogP contribution in [0, 0.1) is 0 Å². The Labute approximate surface area is 101 Å². The lowest BCUT2D eigenvalue weighted by molar-refractivity contribution is 0.0699. The van der Waals surface area contributed by atoms with E-state index in [9.17, 15) is 33.8 Å². The van der Waals surface area contributed by atoms with Crippen molar-refractivity contribution in [2.24, 2.45) is 0 Å². The molecule has 102 valence electrons. The van der Waals surface area contributed by atoms with Crippen LogP contribution in [0.4, 0.5) is 0 Å². The maximum absolute atomic E-state index is 11.4. The third-order valence-electron chi connectivity index (χ3n) is 3.16. The quantitative estimate of drug-likeness (QED) is 0.461. The zero-order valence-electron chi connectivity index (χ0n) is 8.99. The monoisotopic (exact) mass is 298 g/mol. The highest BCUT2D eigenvalue weighted by Gasteiger charge is 2.77. The summed E-state index contributed by atoms with van der Waals surface area (Å²) in [6.45, 7) is 0. The number of aromatic nitrogens is 2. The molecule has 11 heteroatoms. The van der Waals surface area contributed by atoms with E-state index in [2.05, 4.69) is 4.98 Å². The zero-order valence-corrected chi connectivity index (χ0v) is 10.8. The van der Waals surface area contributed by atoms with Crippen LogP contribution < -0.4 is 0 Å². The molecule has 0 aliphatic heterocycles. The van der Waals surface area contributed by atoms with Crippen LogP contribution in [0.3, 0.4) is 0 Å². The molecule has 0 bridgehead atoms. The van der Waals surface area contributed by atoms with Crippen molar-refractivity contribution in [2.45, 2.75) is 23.5 Å². The largest absolute Gasteiger partial charge is 0.372 e. The fourth-order valence-electron chi connectivity index (χ4n) is 2.11. The Morgan fingerprint density at radius 2 is 1.67 bits per heavy atom. The third kappa shape index (κ3) is 1.64. The summed E-state index contributed by atoms with van der Waals surface area (Å²) in [5.41, 5.74) is -1.72. The van der Waals surface area contributed by atoms with Gasteiger partial charge in [-0.05, 0) is 12.8 Å². The molecule has 1 aliphatic carbocycles. The summed E-state index contributed by atoms with van der Waals surface area (Å²) < 4.78 is 23.9. The van der Waals surface area contributed by atoms with Gasteiger partial charge in [-0.1, -0.05) is 0 Å². The van der Waals surface area contributed by atoms with Crippen LogP contribution in [-0.2, 0) is 14.7 Å². The van der Waals surface area contributed by atoms with Crippen LogP contribution in [-0.4, -0.2) is 39.3 Å². The lowest BCUT2D eigenvalue weighted by Gasteiger charge is -2.37. The first-order valence-electron chi connectivity index (χ1n) is 4.88. The lowest BCUT2D eigenvalue weighted by atomic mass is 10.3. The minimum Gasteiger partial charge on any atom is -0.366 e. The maximum atomic E-state index is 11.4. The third-order valence-corrected chi connectivity index (χ3v) is 7.18. The van der Waals surface area contributed by atoms with Crippen LogP contribution in [0.25, 0.3) is 0 Å². The summed E-state index contributed by atoms with van der Waals surface area (Å²) in [6.07, 6.45) is 3.82. The Morgan fingerprint density at radius 3 is 1.94 bits per heavy atom. The van der Waals surface area contributed by atoms with Gasteiger partial charge >= 0.3 is 15.2 Å². The van der Waals surface area contributed by atoms with Crippen molar-refractivity contribution < 1.29 is 33.8 Å². The average Bonchev–Trinajstić information content (AvgIpc) is 2.82. The van der Waals surface area contributed by atoms with E-state index >= 15 is 0 Å². The molecule has 0 spiro atoms. The van der Waals surface area contributed by atoms with Crippen molar-refractivity contribution in [2.75, 3.05) is 0 Å². The van der Waals surface area contributed by atoms with Gasteiger partial charge in [-0.3, -0.25) is 9.13 Å². The predicted octanol–water partition coefficient (Wildman–Crippen LogP) is -0.626. The highest BCUT2D eigenvalue weighted by molar-refractivity contribution is 7.72. The minimum atomic E-state index is -5.47. The molecule has 5 N–H and O–H groups in total. The van der Waals surface area contributed by atoms with Crippen LogP contribution in [0.15, 0.2) is 18.7 Å². The number of hydrogen-bond donors (Lipinski definition) is 5. The smallest absolute Gasteiger partial charge is 0.366 e. The first-order chi connectivity index (χ1) is 8.06. The second kappa shape index (κ2) is 3.74. The molecule has 0 saturated heterocycles. The van der Waals surface area contributed by atoms with E-state index in [4.69, 9.17) is 0 Å². The summed E-state index contributed by atoms with van der Waals surface area (Å²) >= 11 is 0. The number of aliphatic hydroxyl groups is 1. The molecule has 1 fully saturated rings. The minimum absolute atomic E-state index is 0.0378. The number of nitrogens with zero attached hydrogens (tertiary/aromatic N) is 2. The molecule has 0 amide bonds. The molecule has 0 unspecified atom stereocenters.